The maximum absolute atomic E-state index is 12.1. The number of halogens is 1. The van der Waals surface area contributed by atoms with Crippen LogP contribution in [0.5, 0.6) is 11.5 Å². The molecule has 0 aliphatic carbocycles. The van der Waals surface area contributed by atoms with Crippen molar-refractivity contribution in [2.24, 2.45) is 0 Å². The summed E-state index contributed by atoms with van der Waals surface area (Å²) in [5.74, 6) is 0.451. The van der Waals surface area contributed by atoms with E-state index in [0.717, 1.165) is 5.56 Å². The molecule has 0 heterocycles. The van der Waals surface area contributed by atoms with Gasteiger partial charge in [-0.15, -0.1) is 0 Å². The number of nitrogens with one attached hydrogen (secondary N) is 1. The van der Waals surface area contributed by atoms with Crippen LogP contribution in [0.2, 0.25) is 5.02 Å². The summed E-state index contributed by atoms with van der Waals surface area (Å²) >= 11 is 6.43. The number of nitrogens with zero attached hydrogens (tertiary/aromatic N) is 1. The third kappa shape index (κ3) is 6.55. The predicted molar refractivity (Wildman–Crippen MR) is 115 cm³/mol. The van der Waals surface area contributed by atoms with Crippen LogP contribution in [-0.4, -0.2) is 18.6 Å². The molecule has 0 unspecified atom stereocenters. The van der Waals surface area contributed by atoms with Crippen molar-refractivity contribution in [3.05, 3.63) is 63.7 Å². The fourth-order valence-corrected chi connectivity index (χ4v) is 2.84. The molecule has 0 atom stereocenters. The molecule has 0 bridgehead atoms. The minimum atomic E-state index is -0.434. The first kappa shape index (κ1) is 22.3. The lowest BCUT2D eigenvalue weighted by atomic mass is 10.1. The summed E-state index contributed by atoms with van der Waals surface area (Å²) in [5.41, 5.74) is 2.75. The summed E-state index contributed by atoms with van der Waals surface area (Å²) in [4.78, 5) is 12.1. The van der Waals surface area contributed by atoms with Gasteiger partial charge in [-0.3, -0.25) is 4.79 Å². The zero-order valence-corrected chi connectivity index (χ0v) is 17.8. The Labute approximate surface area is 176 Å². The molecule has 0 aliphatic rings. The summed E-state index contributed by atoms with van der Waals surface area (Å²) < 4.78 is 11.6. The van der Waals surface area contributed by atoms with E-state index in [1.165, 1.54) is 11.6 Å². The van der Waals surface area contributed by atoms with E-state index in [4.69, 9.17) is 21.1 Å². The summed E-state index contributed by atoms with van der Waals surface area (Å²) in [6.07, 6.45) is 1.48. The van der Waals surface area contributed by atoms with Crippen molar-refractivity contribution in [1.82, 2.24) is 5.32 Å². The highest BCUT2D eigenvalue weighted by Crippen LogP contribution is 2.37. The van der Waals surface area contributed by atoms with Gasteiger partial charge in [-0.05, 0) is 57.0 Å². The van der Waals surface area contributed by atoms with Crippen molar-refractivity contribution < 1.29 is 14.3 Å². The molecule has 2 rings (SSSR count). The molecule has 0 saturated carbocycles. The third-order valence-electron chi connectivity index (χ3n) is 3.93. The molecule has 1 N–H and O–H groups in total. The molecule has 0 aromatic heterocycles. The van der Waals surface area contributed by atoms with Gasteiger partial charge in [-0.2, -0.15) is 5.26 Å². The van der Waals surface area contributed by atoms with E-state index < -0.39 is 5.91 Å². The maximum atomic E-state index is 12.1. The average molecular weight is 413 g/mol. The van der Waals surface area contributed by atoms with E-state index in [-0.39, 0.29) is 11.6 Å². The van der Waals surface area contributed by atoms with Gasteiger partial charge in [0.15, 0.2) is 11.5 Å². The molecule has 2 aromatic rings. The monoisotopic (exact) mass is 412 g/mol. The van der Waals surface area contributed by atoms with E-state index in [2.05, 4.69) is 5.32 Å². The molecule has 5 nitrogen and oxygen atoms in total. The van der Waals surface area contributed by atoms with Crippen LogP contribution >= 0.6 is 11.6 Å². The molecule has 2 aromatic carbocycles. The number of aryl methyl sites for hydroxylation is 1. The van der Waals surface area contributed by atoms with Crippen LogP contribution in [0.15, 0.2) is 42.0 Å². The zero-order valence-electron chi connectivity index (χ0n) is 17.1. The van der Waals surface area contributed by atoms with Crippen LogP contribution in [-0.2, 0) is 11.4 Å². The third-order valence-corrected chi connectivity index (χ3v) is 4.21. The van der Waals surface area contributed by atoms with Crippen LogP contribution in [0.4, 0.5) is 0 Å². The molecular formula is C23H25ClN2O3. The van der Waals surface area contributed by atoms with Gasteiger partial charge in [0.05, 0.1) is 11.6 Å². The highest BCUT2D eigenvalue weighted by molar-refractivity contribution is 6.32. The Morgan fingerprint density at radius 2 is 1.93 bits per heavy atom. The highest BCUT2D eigenvalue weighted by Gasteiger charge is 2.15. The molecule has 152 valence electrons. The topological polar surface area (TPSA) is 71.3 Å². The molecule has 1 amide bonds. The molecule has 0 saturated heterocycles. The Morgan fingerprint density at radius 1 is 1.24 bits per heavy atom. The summed E-state index contributed by atoms with van der Waals surface area (Å²) in [6.45, 7) is 8.31. The molecule has 0 radical (unpaired) electrons. The van der Waals surface area contributed by atoms with Crippen LogP contribution in [0.1, 0.15) is 37.5 Å². The number of carbonyl (C=O) groups excluding carboxylic acids is 1. The minimum absolute atomic E-state index is 0.00876. The lowest BCUT2D eigenvalue weighted by Gasteiger charge is -2.15. The summed E-state index contributed by atoms with van der Waals surface area (Å²) in [5, 5.41) is 12.4. The molecular weight excluding hydrogens is 388 g/mol. The number of benzene rings is 2. The van der Waals surface area contributed by atoms with Gasteiger partial charge >= 0.3 is 0 Å². The SMILES string of the molecule is CCOc1cc(/C=C(/C#N)C(=O)NC(C)C)cc(Cl)c1OCc1ccc(C)cc1. The molecule has 6 heteroatoms. The minimum Gasteiger partial charge on any atom is -0.490 e. The van der Waals surface area contributed by atoms with Crippen LogP contribution < -0.4 is 14.8 Å². The number of rotatable bonds is 8. The second-order valence-corrected chi connectivity index (χ2v) is 7.24. The number of hydrogen-bond acceptors (Lipinski definition) is 4. The predicted octanol–water partition coefficient (Wildman–Crippen LogP) is 5.06. The van der Waals surface area contributed by atoms with Crippen LogP contribution in [0.25, 0.3) is 6.08 Å². The van der Waals surface area contributed by atoms with Gasteiger partial charge in [0.1, 0.15) is 18.2 Å². The number of amides is 1. The second-order valence-electron chi connectivity index (χ2n) is 6.84. The van der Waals surface area contributed by atoms with E-state index >= 15 is 0 Å². The largest absolute Gasteiger partial charge is 0.490 e. The normalized spacial score (nSPS) is 11.1. The van der Waals surface area contributed by atoms with Gasteiger partial charge in [-0.25, -0.2) is 0 Å². The molecule has 0 aliphatic heterocycles. The Bertz CT molecular complexity index is 928. The van der Waals surface area contributed by atoms with Gasteiger partial charge in [0.25, 0.3) is 5.91 Å². The van der Waals surface area contributed by atoms with Crippen molar-refractivity contribution in [2.45, 2.75) is 40.3 Å². The van der Waals surface area contributed by atoms with Gasteiger partial charge in [-0.1, -0.05) is 41.4 Å². The highest BCUT2D eigenvalue weighted by atomic mass is 35.5. The molecule has 0 fully saturated rings. The lowest BCUT2D eigenvalue weighted by Crippen LogP contribution is -2.30. The van der Waals surface area contributed by atoms with Crippen LogP contribution in [0.3, 0.4) is 0 Å². The first-order valence-corrected chi connectivity index (χ1v) is 9.79. The fraction of sp³-hybridized carbons (Fsp3) is 0.304. The average Bonchev–Trinajstić information content (AvgIpc) is 2.66. The Hall–Kier alpha value is -2.97. The lowest BCUT2D eigenvalue weighted by molar-refractivity contribution is -0.117. The van der Waals surface area contributed by atoms with Crippen LogP contribution in [0, 0.1) is 18.3 Å². The number of nitriles is 1. The van der Waals surface area contributed by atoms with Crippen molar-refractivity contribution in [1.29, 1.82) is 5.26 Å². The Kier molecular flexibility index (Phi) is 8.11. The number of carbonyl (C=O) groups is 1. The second kappa shape index (κ2) is 10.5. The zero-order chi connectivity index (χ0) is 21.4. The van der Waals surface area contributed by atoms with E-state index in [9.17, 15) is 10.1 Å². The quantitative estimate of drug-likeness (QED) is 0.486. The van der Waals surface area contributed by atoms with Crippen molar-refractivity contribution in [3.8, 4) is 17.6 Å². The molecule has 29 heavy (non-hydrogen) atoms. The van der Waals surface area contributed by atoms with E-state index in [1.807, 2.05) is 58.0 Å². The summed E-state index contributed by atoms with van der Waals surface area (Å²) in [7, 11) is 0. The van der Waals surface area contributed by atoms with Gasteiger partial charge in [0.2, 0.25) is 0 Å². The van der Waals surface area contributed by atoms with Gasteiger partial charge in [0, 0.05) is 6.04 Å². The van der Waals surface area contributed by atoms with Crippen molar-refractivity contribution in [2.75, 3.05) is 6.61 Å². The first-order chi connectivity index (χ1) is 13.8. The van der Waals surface area contributed by atoms with Crippen molar-refractivity contribution >= 4 is 23.6 Å². The Balaban J connectivity index is 2.30. The standard InChI is InChI=1S/C23H25ClN2O3/c1-5-28-21-12-18(10-19(13-25)23(27)26-15(2)3)11-20(24)22(21)29-14-17-8-6-16(4)7-9-17/h6-12,15H,5,14H2,1-4H3,(H,26,27)/b19-10-. The number of hydrogen-bond donors (Lipinski definition) is 1. The van der Waals surface area contributed by atoms with E-state index in [0.29, 0.717) is 35.3 Å². The summed E-state index contributed by atoms with van der Waals surface area (Å²) in [6, 6.07) is 13.2. The van der Waals surface area contributed by atoms with Crippen molar-refractivity contribution in [3.63, 3.8) is 0 Å². The smallest absolute Gasteiger partial charge is 0.262 e. The van der Waals surface area contributed by atoms with Gasteiger partial charge < -0.3 is 14.8 Å². The van der Waals surface area contributed by atoms with E-state index in [1.54, 1.807) is 12.1 Å². The first-order valence-electron chi connectivity index (χ1n) is 9.41. The Morgan fingerprint density at radius 3 is 2.52 bits per heavy atom. The number of ether oxygens (including phenoxy) is 2. The maximum Gasteiger partial charge on any atom is 0.262 e. The fourth-order valence-electron chi connectivity index (χ4n) is 2.57. The molecule has 0 spiro atoms.